The molecular weight excluding hydrogens is 323 g/mol. The number of alkyl halides is 3. The lowest BCUT2D eigenvalue weighted by Gasteiger charge is -2.16. The van der Waals surface area contributed by atoms with Gasteiger partial charge in [-0.15, -0.1) is 0 Å². The Bertz CT molecular complexity index is 562. The number of amides is 2. The highest BCUT2D eigenvalue weighted by Crippen LogP contribution is 2.34. The maximum Gasteiger partial charge on any atom is 0.418 e. The molecular formula is C16H22F3N3O2. The van der Waals surface area contributed by atoms with Crippen LogP contribution in [0.25, 0.3) is 0 Å². The van der Waals surface area contributed by atoms with Crippen LogP contribution in [0.5, 0.6) is 0 Å². The lowest BCUT2D eigenvalue weighted by atomic mass is 10.1. The minimum atomic E-state index is -4.54. The molecule has 1 aromatic rings. The summed E-state index contributed by atoms with van der Waals surface area (Å²) >= 11 is 0. The van der Waals surface area contributed by atoms with E-state index in [0.717, 1.165) is 12.5 Å². The van der Waals surface area contributed by atoms with E-state index < -0.39 is 17.6 Å². The summed E-state index contributed by atoms with van der Waals surface area (Å²) in [6.07, 6.45) is -3.76. The number of para-hydroxylation sites is 1. The quantitative estimate of drug-likeness (QED) is 0.678. The van der Waals surface area contributed by atoms with Crippen molar-refractivity contribution in [3.8, 4) is 0 Å². The van der Waals surface area contributed by atoms with E-state index in [2.05, 4.69) is 16.0 Å². The second-order valence-corrected chi connectivity index (χ2v) is 5.43. The topological polar surface area (TPSA) is 70.2 Å². The number of carbonyl (C=O) groups excluding carboxylic acids is 2. The third-order valence-corrected chi connectivity index (χ3v) is 3.18. The molecule has 0 bridgehead atoms. The van der Waals surface area contributed by atoms with Gasteiger partial charge in [-0.05, 0) is 25.5 Å². The van der Waals surface area contributed by atoms with Crippen LogP contribution < -0.4 is 16.0 Å². The van der Waals surface area contributed by atoms with Crippen molar-refractivity contribution in [1.29, 1.82) is 0 Å². The number of hydrogen-bond acceptors (Lipinski definition) is 3. The summed E-state index contributed by atoms with van der Waals surface area (Å²) in [6, 6.07) is 4.45. The van der Waals surface area contributed by atoms with Crippen molar-refractivity contribution in [2.75, 3.05) is 18.4 Å². The van der Waals surface area contributed by atoms with Crippen molar-refractivity contribution in [3.63, 3.8) is 0 Å². The summed E-state index contributed by atoms with van der Waals surface area (Å²) in [5, 5.41) is 7.81. The molecule has 134 valence electrons. The molecule has 0 saturated carbocycles. The van der Waals surface area contributed by atoms with Gasteiger partial charge in [0.15, 0.2) is 0 Å². The van der Waals surface area contributed by atoms with E-state index in [1.807, 2.05) is 6.92 Å². The first-order valence-electron chi connectivity index (χ1n) is 7.70. The lowest BCUT2D eigenvalue weighted by molar-refractivity contribution is -0.137. The number of anilines is 1. The molecule has 1 rings (SSSR count). The van der Waals surface area contributed by atoms with Gasteiger partial charge in [-0.1, -0.05) is 19.1 Å². The number of halogens is 3. The minimum Gasteiger partial charge on any atom is -0.355 e. The Morgan fingerprint density at radius 3 is 2.46 bits per heavy atom. The van der Waals surface area contributed by atoms with E-state index in [0.29, 0.717) is 6.54 Å². The Balaban J connectivity index is 2.51. The van der Waals surface area contributed by atoms with Crippen molar-refractivity contribution < 1.29 is 22.8 Å². The average Bonchev–Trinajstić information content (AvgIpc) is 2.50. The Labute approximate surface area is 139 Å². The summed E-state index contributed by atoms with van der Waals surface area (Å²) < 4.78 is 38.6. The van der Waals surface area contributed by atoms with Crippen LogP contribution in [0.1, 0.15) is 32.3 Å². The van der Waals surface area contributed by atoms with Gasteiger partial charge >= 0.3 is 6.18 Å². The molecule has 0 radical (unpaired) electrons. The average molecular weight is 345 g/mol. The molecule has 0 aromatic heterocycles. The van der Waals surface area contributed by atoms with Gasteiger partial charge in [0.05, 0.1) is 17.8 Å². The van der Waals surface area contributed by atoms with Gasteiger partial charge in [0, 0.05) is 19.0 Å². The van der Waals surface area contributed by atoms with Gasteiger partial charge in [-0.2, -0.15) is 13.2 Å². The normalized spacial score (nSPS) is 12.5. The molecule has 1 aromatic carbocycles. The first kappa shape index (κ1) is 20.0. The Morgan fingerprint density at radius 1 is 1.17 bits per heavy atom. The Hall–Kier alpha value is -2.09. The van der Waals surface area contributed by atoms with E-state index in [9.17, 15) is 22.8 Å². The van der Waals surface area contributed by atoms with Crippen LogP contribution in [-0.4, -0.2) is 30.9 Å². The molecule has 1 atom stereocenters. The van der Waals surface area contributed by atoms with Gasteiger partial charge in [-0.25, -0.2) is 0 Å². The standard InChI is InChI=1S/C16H22F3N3O2/c1-3-8-20-15(24)10-21-11(2)9-14(23)22-13-7-5-4-6-12(13)16(17,18)19/h4-7,11,21H,3,8-10H2,1-2H3,(H,20,24)(H,22,23). The molecule has 5 nitrogen and oxygen atoms in total. The first-order valence-corrected chi connectivity index (χ1v) is 7.70. The highest BCUT2D eigenvalue weighted by molar-refractivity contribution is 5.92. The SMILES string of the molecule is CCCNC(=O)CNC(C)CC(=O)Nc1ccccc1C(F)(F)F. The molecule has 0 heterocycles. The predicted molar refractivity (Wildman–Crippen MR) is 85.5 cm³/mol. The van der Waals surface area contributed by atoms with Crippen LogP contribution in [0.2, 0.25) is 0 Å². The fraction of sp³-hybridized carbons (Fsp3) is 0.500. The molecule has 0 aliphatic rings. The van der Waals surface area contributed by atoms with Crippen LogP contribution in [0, 0.1) is 0 Å². The zero-order valence-electron chi connectivity index (χ0n) is 13.7. The maximum atomic E-state index is 12.9. The van der Waals surface area contributed by atoms with Gasteiger partial charge in [0.1, 0.15) is 0 Å². The van der Waals surface area contributed by atoms with Crippen molar-refractivity contribution in [1.82, 2.24) is 10.6 Å². The summed E-state index contributed by atoms with van der Waals surface area (Å²) in [5.41, 5.74) is -1.17. The third kappa shape index (κ3) is 6.99. The van der Waals surface area contributed by atoms with E-state index in [1.54, 1.807) is 6.92 Å². The van der Waals surface area contributed by atoms with Crippen LogP contribution in [-0.2, 0) is 15.8 Å². The zero-order chi connectivity index (χ0) is 18.2. The van der Waals surface area contributed by atoms with E-state index in [4.69, 9.17) is 0 Å². The van der Waals surface area contributed by atoms with Crippen LogP contribution >= 0.6 is 0 Å². The highest BCUT2D eigenvalue weighted by Gasteiger charge is 2.33. The fourth-order valence-electron chi connectivity index (χ4n) is 1.98. The Morgan fingerprint density at radius 2 is 1.83 bits per heavy atom. The minimum absolute atomic E-state index is 0.0484. The molecule has 8 heteroatoms. The molecule has 2 amide bonds. The number of carbonyl (C=O) groups is 2. The first-order chi connectivity index (χ1) is 11.2. The number of rotatable bonds is 8. The number of benzene rings is 1. The number of hydrogen-bond donors (Lipinski definition) is 3. The smallest absolute Gasteiger partial charge is 0.355 e. The molecule has 0 spiro atoms. The van der Waals surface area contributed by atoms with Crippen molar-refractivity contribution in [3.05, 3.63) is 29.8 Å². The van der Waals surface area contributed by atoms with Crippen LogP contribution in [0.15, 0.2) is 24.3 Å². The molecule has 0 aliphatic carbocycles. The second kappa shape index (κ2) is 9.27. The molecule has 0 aliphatic heterocycles. The van der Waals surface area contributed by atoms with Crippen LogP contribution in [0.3, 0.4) is 0 Å². The van der Waals surface area contributed by atoms with E-state index >= 15 is 0 Å². The summed E-state index contributed by atoms with van der Waals surface area (Å²) in [7, 11) is 0. The zero-order valence-corrected chi connectivity index (χ0v) is 13.7. The predicted octanol–water partition coefficient (Wildman–Crippen LogP) is 2.54. The van der Waals surface area contributed by atoms with Crippen molar-refractivity contribution in [2.24, 2.45) is 0 Å². The second-order valence-electron chi connectivity index (χ2n) is 5.43. The van der Waals surface area contributed by atoms with Crippen molar-refractivity contribution >= 4 is 17.5 Å². The number of nitrogens with one attached hydrogen (secondary N) is 3. The van der Waals surface area contributed by atoms with Gasteiger partial charge in [0.25, 0.3) is 0 Å². The van der Waals surface area contributed by atoms with E-state index in [-0.39, 0.29) is 30.6 Å². The van der Waals surface area contributed by atoms with Gasteiger partial charge in [0.2, 0.25) is 11.8 Å². The molecule has 3 N–H and O–H groups in total. The highest BCUT2D eigenvalue weighted by atomic mass is 19.4. The molecule has 1 unspecified atom stereocenters. The molecule has 24 heavy (non-hydrogen) atoms. The Kier molecular flexibility index (Phi) is 7.70. The van der Waals surface area contributed by atoms with Gasteiger partial charge < -0.3 is 16.0 Å². The summed E-state index contributed by atoms with van der Waals surface area (Å²) in [5.74, 6) is -0.743. The lowest BCUT2D eigenvalue weighted by Crippen LogP contribution is -2.39. The summed E-state index contributed by atoms with van der Waals surface area (Å²) in [4.78, 5) is 23.3. The van der Waals surface area contributed by atoms with Gasteiger partial charge in [-0.3, -0.25) is 9.59 Å². The molecule has 0 fully saturated rings. The molecule has 0 saturated heterocycles. The summed E-state index contributed by atoms with van der Waals surface area (Å²) in [6.45, 7) is 4.24. The van der Waals surface area contributed by atoms with Crippen LogP contribution in [0.4, 0.5) is 18.9 Å². The van der Waals surface area contributed by atoms with E-state index in [1.165, 1.54) is 18.2 Å². The largest absolute Gasteiger partial charge is 0.418 e. The maximum absolute atomic E-state index is 12.9. The fourth-order valence-corrected chi connectivity index (χ4v) is 1.98. The third-order valence-electron chi connectivity index (χ3n) is 3.18. The van der Waals surface area contributed by atoms with Crippen molar-refractivity contribution in [2.45, 2.75) is 38.9 Å². The monoisotopic (exact) mass is 345 g/mol.